The van der Waals surface area contributed by atoms with E-state index in [2.05, 4.69) is 19.5 Å². The maximum atomic E-state index is 11.5. The largest absolute Gasteiger partial charge is 0.481 e. The monoisotopic (exact) mass is 327 g/mol. The Hall–Kier alpha value is -2.18. The van der Waals surface area contributed by atoms with E-state index in [-0.39, 0.29) is 17.4 Å². The van der Waals surface area contributed by atoms with Gasteiger partial charge in [-0.05, 0) is 55.8 Å². The van der Waals surface area contributed by atoms with Gasteiger partial charge in [0.2, 0.25) is 0 Å². The number of carbonyl (C=O) groups is 1. The Morgan fingerprint density at radius 1 is 1.25 bits per heavy atom. The normalized spacial score (nSPS) is 37.2. The van der Waals surface area contributed by atoms with Gasteiger partial charge in [-0.2, -0.15) is 0 Å². The number of nitrogens with two attached hydrogens (primary N) is 1. The highest BCUT2D eigenvalue weighted by atomic mass is 16.4. The van der Waals surface area contributed by atoms with Gasteiger partial charge in [-0.1, -0.05) is 0 Å². The average molecular weight is 327 g/mol. The summed E-state index contributed by atoms with van der Waals surface area (Å²) in [4.78, 5) is 24.4. The van der Waals surface area contributed by atoms with Gasteiger partial charge in [0.25, 0.3) is 0 Å². The van der Waals surface area contributed by atoms with Crippen LogP contribution in [0.15, 0.2) is 12.7 Å². The molecule has 126 valence electrons. The molecule has 2 heterocycles. The van der Waals surface area contributed by atoms with E-state index in [1.54, 1.807) is 0 Å². The summed E-state index contributed by atoms with van der Waals surface area (Å²) in [6.45, 7) is 0. The lowest BCUT2D eigenvalue weighted by molar-refractivity contribution is -0.150. The van der Waals surface area contributed by atoms with E-state index in [1.807, 2.05) is 6.33 Å². The fourth-order valence-electron chi connectivity index (χ4n) is 6.41. The third-order valence-electron chi connectivity index (χ3n) is 6.55. The zero-order valence-electron chi connectivity index (χ0n) is 13.5. The van der Waals surface area contributed by atoms with E-state index >= 15 is 0 Å². The van der Waals surface area contributed by atoms with Gasteiger partial charge in [-0.15, -0.1) is 0 Å². The molecule has 6 rings (SSSR count). The van der Waals surface area contributed by atoms with Gasteiger partial charge >= 0.3 is 5.97 Å². The molecule has 0 spiro atoms. The smallest absolute Gasteiger partial charge is 0.303 e. The van der Waals surface area contributed by atoms with E-state index in [0.717, 1.165) is 37.8 Å². The summed E-state index contributed by atoms with van der Waals surface area (Å²) in [5, 5.41) is 9.44. The zero-order valence-corrected chi connectivity index (χ0v) is 13.5. The summed E-state index contributed by atoms with van der Waals surface area (Å²) >= 11 is 0. The molecule has 4 bridgehead atoms. The second-order valence-electron chi connectivity index (χ2n) is 8.30. The molecule has 24 heavy (non-hydrogen) atoms. The molecule has 0 radical (unpaired) electrons. The van der Waals surface area contributed by atoms with Crippen LogP contribution in [0.4, 0.5) is 5.82 Å². The van der Waals surface area contributed by atoms with Crippen LogP contribution in [0, 0.1) is 17.3 Å². The molecule has 0 aliphatic heterocycles. The molecular weight excluding hydrogens is 306 g/mol. The van der Waals surface area contributed by atoms with E-state index in [0.29, 0.717) is 23.2 Å². The summed E-state index contributed by atoms with van der Waals surface area (Å²) < 4.78 is 2.19. The van der Waals surface area contributed by atoms with Crippen LogP contribution in [-0.2, 0) is 10.3 Å². The van der Waals surface area contributed by atoms with Crippen molar-refractivity contribution in [3.8, 4) is 0 Å². The molecular formula is C17H21N5O2. The van der Waals surface area contributed by atoms with Crippen LogP contribution in [0.1, 0.15) is 44.9 Å². The fourth-order valence-corrected chi connectivity index (χ4v) is 6.41. The van der Waals surface area contributed by atoms with E-state index in [4.69, 9.17) is 5.73 Å². The van der Waals surface area contributed by atoms with Crippen LogP contribution in [-0.4, -0.2) is 30.6 Å². The summed E-state index contributed by atoms with van der Waals surface area (Å²) in [6.07, 6.45) is 10.1. The van der Waals surface area contributed by atoms with Gasteiger partial charge in [0.05, 0.1) is 12.7 Å². The van der Waals surface area contributed by atoms with Crippen molar-refractivity contribution in [1.82, 2.24) is 19.5 Å². The number of nitrogen functional groups attached to an aromatic ring is 1. The number of anilines is 1. The molecule has 0 saturated heterocycles. The lowest BCUT2D eigenvalue weighted by atomic mass is 9.46. The van der Waals surface area contributed by atoms with Crippen LogP contribution in [0.5, 0.6) is 0 Å². The standard InChI is InChI=1S/C17H21N5O2/c18-14-13-15(20-8-19-14)22(9-21-13)17-4-10-1-11(5-17)3-16(2-10,7-17)6-12(23)24/h8-11H,1-7H2,(H,23,24)(H2,18,19,20). The third kappa shape index (κ3) is 1.84. The van der Waals surface area contributed by atoms with Crippen LogP contribution in [0.3, 0.4) is 0 Å². The summed E-state index contributed by atoms with van der Waals surface area (Å²) in [5.41, 5.74) is 7.26. The summed E-state index contributed by atoms with van der Waals surface area (Å²) in [5.74, 6) is 0.961. The number of hydrogen-bond acceptors (Lipinski definition) is 5. The number of aliphatic carboxylic acids is 1. The topological polar surface area (TPSA) is 107 Å². The van der Waals surface area contributed by atoms with Crippen molar-refractivity contribution in [1.29, 1.82) is 0 Å². The Kier molecular flexibility index (Phi) is 2.64. The molecule has 7 heteroatoms. The van der Waals surface area contributed by atoms with E-state index in [1.165, 1.54) is 12.7 Å². The minimum absolute atomic E-state index is 0.0604. The maximum Gasteiger partial charge on any atom is 0.303 e. The van der Waals surface area contributed by atoms with Crippen molar-refractivity contribution in [2.45, 2.75) is 50.5 Å². The number of aromatic nitrogens is 4. The molecule has 4 fully saturated rings. The highest BCUT2D eigenvalue weighted by molar-refractivity contribution is 5.81. The van der Waals surface area contributed by atoms with Crippen LogP contribution >= 0.6 is 0 Å². The average Bonchev–Trinajstić information content (AvgIpc) is 2.90. The van der Waals surface area contributed by atoms with Crippen LogP contribution in [0.25, 0.3) is 11.2 Å². The van der Waals surface area contributed by atoms with Gasteiger partial charge in [0.15, 0.2) is 11.5 Å². The first-order chi connectivity index (χ1) is 11.5. The molecule has 4 saturated carbocycles. The summed E-state index contributed by atoms with van der Waals surface area (Å²) in [6, 6.07) is 0. The number of fused-ring (bicyclic) bond motifs is 1. The Bertz CT molecular complexity index is 831. The molecule has 7 nitrogen and oxygen atoms in total. The first-order valence-electron chi connectivity index (χ1n) is 8.65. The van der Waals surface area contributed by atoms with Crippen molar-refractivity contribution < 1.29 is 9.90 Å². The molecule has 0 aromatic carbocycles. The molecule has 4 aliphatic rings. The van der Waals surface area contributed by atoms with E-state index in [9.17, 15) is 9.90 Å². The van der Waals surface area contributed by atoms with Gasteiger partial charge < -0.3 is 15.4 Å². The molecule has 4 aliphatic carbocycles. The minimum atomic E-state index is -0.672. The lowest BCUT2D eigenvalue weighted by Crippen LogP contribution is -2.56. The van der Waals surface area contributed by atoms with Crippen molar-refractivity contribution in [3.63, 3.8) is 0 Å². The van der Waals surface area contributed by atoms with Crippen molar-refractivity contribution in [3.05, 3.63) is 12.7 Å². The Balaban J connectivity index is 1.64. The van der Waals surface area contributed by atoms with Crippen molar-refractivity contribution >= 4 is 23.0 Å². The van der Waals surface area contributed by atoms with Crippen LogP contribution < -0.4 is 5.73 Å². The predicted octanol–water partition coefficient (Wildman–Crippen LogP) is 2.18. The predicted molar refractivity (Wildman–Crippen MR) is 87.1 cm³/mol. The van der Waals surface area contributed by atoms with E-state index < -0.39 is 5.97 Å². The Morgan fingerprint density at radius 2 is 2.00 bits per heavy atom. The maximum absolute atomic E-state index is 11.5. The fraction of sp³-hybridized carbons (Fsp3) is 0.647. The lowest BCUT2D eigenvalue weighted by Gasteiger charge is -2.62. The highest BCUT2D eigenvalue weighted by Gasteiger charge is 2.59. The van der Waals surface area contributed by atoms with Crippen LogP contribution in [0.2, 0.25) is 0 Å². The summed E-state index contributed by atoms with van der Waals surface area (Å²) in [7, 11) is 0. The SMILES string of the molecule is Nc1ncnc2c1ncn2C12CC3CC(CC(CC(=O)O)(C3)C1)C2. The number of rotatable bonds is 3. The van der Waals surface area contributed by atoms with Gasteiger partial charge in [0.1, 0.15) is 11.8 Å². The minimum Gasteiger partial charge on any atom is -0.481 e. The second-order valence-corrected chi connectivity index (χ2v) is 8.30. The molecule has 3 N–H and O–H groups in total. The number of hydrogen-bond donors (Lipinski definition) is 2. The number of carboxylic acid groups (broad SMARTS) is 1. The first kappa shape index (κ1) is 14.2. The third-order valence-corrected chi connectivity index (χ3v) is 6.55. The van der Waals surface area contributed by atoms with Crippen molar-refractivity contribution in [2.24, 2.45) is 17.3 Å². The molecule has 2 unspecified atom stereocenters. The second kappa shape index (κ2) is 4.46. The number of carboxylic acids is 1. The molecule has 0 amide bonds. The van der Waals surface area contributed by atoms with Crippen molar-refractivity contribution in [2.75, 3.05) is 5.73 Å². The van der Waals surface area contributed by atoms with Gasteiger partial charge in [-0.25, -0.2) is 15.0 Å². The molecule has 2 aromatic rings. The Morgan fingerprint density at radius 3 is 2.71 bits per heavy atom. The van der Waals surface area contributed by atoms with Gasteiger partial charge in [-0.3, -0.25) is 4.79 Å². The first-order valence-corrected chi connectivity index (χ1v) is 8.65. The number of imidazole rings is 1. The molecule has 2 aromatic heterocycles. The Labute approximate surface area is 139 Å². The highest BCUT2D eigenvalue weighted by Crippen LogP contribution is 2.65. The molecule has 2 atom stereocenters. The quantitative estimate of drug-likeness (QED) is 0.895. The van der Waals surface area contributed by atoms with Gasteiger partial charge in [0, 0.05) is 5.54 Å². The zero-order chi connectivity index (χ0) is 16.5. The number of nitrogens with zero attached hydrogens (tertiary/aromatic N) is 4.